The molecule has 0 radical (unpaired) electrons. The van der Waals surface area contributed by atoms with E-state index < -0.39 is 218 Å². The standard InChI is InChI=1S/C37H63NO30/c1-8-38-14-18(47)28(13(7-42)63-33(14)59-8)64-32(57)26(55)27(65-37-30(21(50)17(46)12(6-41)62-37)67-35-25(54)20(49)16(45)11(5-40)61-35)9(43)2-3-58-36-29(22(51)23(52)31(56)68-36)66-34-24(53)19(48)15(44)10(4-39)60-34/h9-37,39-57H,2-7H2,1H3/t9-,10?,11+,12+,13?,14?,15-,16-,17-,18-,19+,20?,21?,22?,23+,24?,25?,26?,27+,28-,29-,30?,31?,32+,33+,34-,35-,36+,37-/m1/s1. The molecule has 5 fully saturated rings. The molecular weight excluding hydrogens is 938 g/mol. The Hall–Kier alpha value is -1.69. The largest absolute Gasteiger partial charge is 0.450 e. The van der Waals surface area contributed by atoms with Gasteiger partial charge in [0.1, 0.15) is 128 Å². The molecule has 0 aromatic heterocycles. The van der Waals surface area contributed by atoms with Crippen LogP contribution in [0.1, 0.15) is 13.3 Å². The second-order valence-electron chi connectivity index (χ2n) is 17.0. The van der Waals surface area contributed by atoms with Crippen LogP contribution in [0.15, 0.2) is 4.99 Å². The van der Waals surface area contributed by atoms with E-state index in [4.69, 9.17) is 52.1 Å². The van der Waals surface area contributed by atoms with Crippen LogP contribution < -0.4 is 0 Å². The van der Waals surface area contributed by atoms with E-state index >= 15 is 0 Å². The van der Waals surface area contributed by atoms with Crippen LogP contribution in [-0.4, -0.2) is 314 Å². The molecule has 0 aromatic rings. The zero-order valence-corrected chi connectivity index (χ0v) is 35.9. The average Bonchev–Trinajstić information content (AvgIpc) is 3.71. The molecule has 68 heavy (non-hydrogen) atoms. The van der Waals surface area contributed by atoms with E-state index in [-0.39, 0.29) is 5.90 Å². The fourth-order valence-corrected chi connectivity index (χ4v) is 8.37. The van der Waals surface area contributed by atoms with Crippen LogP contribution in [0.3, 0.4) is 0 Å². The Labute approximate surface area is 384 Å². The molecule has 0 saturated carbocycles. The molecular formula is C37H63NO30. The summed E-state index contributed by atoms with van der Waals surface area (Å²) in [6.45, 7) is -2.99. The molecule has 6 rings (SSSR count). The van der Waals surface area contributed by atoms with Crippen molar-refractivity contribution in [1.82, 2.24) is 0 Å². The molecule has 6 aliphatic heterocycles. The van der Waals surface area contributed by atoms with Crippen molar-refractivity contribution in [2.75, 3.05) is 33.0 Å². The highest BCUT2D eigenvalue weighted by molar-refractivity contribution is 5.75. The quantitative estimate of drug-likeness (QED) is 0.0534. The van der Waals surface area contributed by atoms with Crippen molar-refractivity contribution < 1.29 is 149 Å². The molecule has 0 spiro atoms. The lowest BCUT2D eigenvalue weighted by Crippen LogP contribution is -2.65. The van der Waals surface area contributed by atoms with Gasteiger partial charge in [-0.1, -0.05) is 0 Å². The zero-order valence-electron chi connectivity index (χ0n) is 35.9. The SMILES string of the molecule is CC1=NC2[C@@H](O1)OC(CO)[C@@H](O[C@H](O)C(O)[C@@H](O[C@H]1O[C@@H](CO)[C@@H](O)C(O)C1O[C@H]1O[C@@H](CO)[C@@H](O)C(O)C1O)[C@H](O)CCO[C@H]1OC(O)[C@@H](O)C(O)[C@H]1O[C@H]1OC(CO)[C@@H](O)[C@H](O)C1O)[C@@H]2O. The molecule has 5 saturated heterocycles. The van der Waals surface area contributed by atoms with Gasteiger partial charge in [-0.25, -0.2) is 4.99 Å². The second-order valence-corrected chi connectivity index (χ2v) is 17.0. The number of aliphatic imine (C=N–C) groups is 1. The van der Waals surface area contributed by atoms with Gasteiger partial charge in [-0.05, 0) is 6.42 Å². The Kier molecular flexibility index (Phi) is 19.5. The summed E-state index contributed by atoms with van der Waals surface area (Å²) in [5.74, 6) is 0.0998. The van der Waals surface area contributed by atoms with Crippen molar-refractivity contribution in [3.8, 4) is 0 Å². The van der Waals surface area contributed by atoms with Crippen LogP contribution in [0.5, 0.6) is 0 Å². The number of hydrogen-bond donors (Lipinski definition) is 19. The molecule has 6 aliphatic rings. The maximum atomic E-state index is 11.7. The van der Waals surface area contributed by atoms with Gasteiger partial charge < -0.3 is 149 Å². The fraction of sp³-hybridized carbons (Fsp3) is 0.973. The van der Waals surface area contributed by atoms with Crippen molar-refractivity contribution >= 4 is 5.90 Å². The summed E-state index contributed by atoms with van der Waals surface area (Å²) in [6, 6.07) is -1.14. The lowest BCUT2D eigenvalue weighted by molar-refractivity contribution is -0.386. The number of nitrogens with zero attached hydrogens (tertiary/aromatic N) is 1. The lowest BCUT2D eigenvalue weighted by Gasteiger charge is -2.47. The van der Waals surface area contributed by atoms with Gasteiger partial charge in [-0.15, -0.1) is 0 Å². The molecule has 396 valence electrons. The van der Waals surface area contributed by atoms with E-state index in [1.165, 1.54) is 6.92 Å². The van der Waals surface area contributed by atoms with Crippen LogP contribution in [0, 0.1) is 0 Å². The minimum atomic E-state index is -2.53. The highest BCUT2D eigenvalue weighted by Crippen LogP contribution is 2.35. The molecule has 31 heteroatoms. The van der Waals surface area contributed by atoms with Crippen molar-refractivity contribution in [3.05, 3.63) is 0 Å². The van der Waals surface area contributed by atoms with E-state index in [9.17, 15) is 97.0 Å². The summed E-state index contributed by atoms with van der Waals surface area (Å²) in [5, 5.41) is 201. The van der Waals surface area contributed by atoms with Gasteiger partial charge >= 0.3 is 0 Å². The van der Waals surface area contributed by atoms with Crippen molar-refractivity contribution in [2.24, 2.45) is 4.99 Å². The molecule has 19 N–H and O–H groups in total. The van der Waals surface area contributed by atoms with Crippen LogP contribution in [0.25, 0.3) is 0 Å². The first-order valence-electron chi connectivity index (χ1n) is 21.5. The van der Waals surface area contributed by atoms with E-state index in [0.717, 1.165) is 0 Å². The predicted octanol–water partition coefficient (Wildman–Crippen LogP) is -12.7. The third-order valence-electron chi connectivity index (χ3n) is 12.4. The Morgan fingerprint density at radius 2 is 0.985 bits per heavy atom. The summed E-state index contributed by atoms with van der Waals surface area (Å²) >= 11 is 0. The minimum Gasteiger partial charge on any atom is -0.450 e. The first-order chi connectivity index (χ1) is 32.2. The first kappa shape index (κ1) is 55.6. The van der Waals surface area contributed by atoms with E-state index in [1.54, 1.807) is 0 Å². The van der Waals surface area contributed by atoms with Crippen LogP contribution in [-0.2, 0) is 52.1 Å². The highest BCUT2D eigenvalue weighted by atomic mass is 16.8. The average molecular weight is 1000 g/mol. The van der Waals surface area contributed by atoms with Gasteiger partial charge in [0, 0.05) is 6.92 Å². The molecule has 29 atom stereocenters. The van der Waals surface area contributed by atoms with Gasteiger partial charge in [0.15, 0.2) is 43.6 Å². The molecule has 0 aromatic carbocycles. The molecule has 31 nitrogen and oxygen atoms in total. The summed E-state index contributed by atoms with van der Waals surface area (Å²) in [6.07, 6.45) is -55.3. The maximum absolute atomic E-state index is 11.7. The topological polar surface area (TPSA) is 498 Å². The molecule has 6 heterocycles. The van der Waals surface area contributed by atoms with Gasteiger partial charge in [0.25, 0.3) is 0 Å². The van der Waals surface area contributed by atoms with Crippen molar-refractivity contribution in [2.45, 2.75) is 192 Å². The Morgan fingerprint density at radius 3 is 1.51 bits per heavy atom. The third-order valence-corrected chi connectivity index (χ3v) is 12.4. The maximum Gasteiger partial charge on any atom is 0.227 e. The molecule has 11 unspecified atom stereocenters. The minimum absolute atomic E-state index is 0.0998. The molecule has 0 aliphatic carbocycles. The zero-order chi connectivity index (χ0) is 50.0. The highest BCUT2D eigenvalue weighted by Gasteiger charge is 2.55. The second kappa shape index (κ2) is 23.9. The van der Waals surface area contributed by atoms with Gasteiger partial charge in [0.05, 0.1) is 39.1 Å². The van der Waals surface area contributed by atoms with Crippen molar-refractivity contribution in [3.63, 3.8) is 0 Å². The lowest BCUT2D eigenvalue weighted by atomic mass is 9.96. The number of ether oxygens (including phenoxy) is 11. The van der Waals surface area contributed by atoms with Crippen LogP contribution in [0.2, 0.25) is 0 Å². The summed E-state index contributed by atoms with van der Waals surface area (Å²) < 4.78 is 60.9. The number of hydrogen-bond acceptors (Lipinski definition) is 31. The number of fused-ring (bicyclic) bond motifs is 1. The number of aliphatic hydroxyl groups is 19. The van der Waals surface area contributed by atoms with Crippen LogP contribution >= 0.6 is 0 Å². The van der Waals surface area contributed by atoms with E-state index in [2.05, 4.69) is 4.99 Å². The fourth-order valence-electron chi connectivity index (χ4n) is 8.37. The van der Waals surface area contributed by atoms with Gasteiger partial charge in [-0.2, -0.15) is 0 Å². The third kappa shape index (κ3) is 11.7. The smallest absolute Gasteiger partial charge is 0.227 e. The van der Waals surface area contributed by atoms with E-state index in [0.29, 0.717) is 0 Å². The Balaban J connectivity index is 1.25. The summed E-state index contributed by atoms with van der Waals surface area (Å²) in [4.78, 5) is 4.11. The van der Waals surface area contributed by atoms with Crippen LogP contribution in [0.4, 0.5) is 0 Å². The Morgan fingerprint density at radius 1 is 0.500 bits per heavy atom. The monoisotopic (exact) mass is 1000 g/mol. The number of aliphatic hydroxyl groups excluding tert-OH is 19. The number of rotatable bonds is 19. The summed E-state index contributed by atoms with van der Waals surface area (Å²) in [7, 11) is 0. The normalized spacial score (nSPS) is 48.5. The molecule has 0 amide bonds. The summed E-state index contributed by atoms with van der Waals surface area (Å²) in [5.41, 5.74) is 0. The van der Waals surface area contributed by atoms with Gasteiger partial charge in [0.2, 0.25) is 6.29 Å². The van der Waals surface area contributed by atoms with Crippen molar-refractivity contribution in [1.29, 1.82) is 0 Å². The first-order valence-corrected chi connectivity index (χ1v) is 21.5. The predicted molar refractivity (Wildman–Crippen MR) is 206 cm³/mol. The van der Waals surface area contributed by atoms with E-state index in [1.807, 2.05) is 0 Å². The Bertz CT molecular complexity index is 1590. The van der Waals surface area contributed by atoms with Gasteiger partial charge in [-0.3, -0.25) is 0 Å². The molecule has 0 bridgehead atoms.